The molecular weight excluding hydrogens is 342 g/mol. The highest BCUT2D eigenvalue weighted by molar-refractivity contribution is 6.01. The third-order valence-electron chi connectivity index (χ3n) is 5.81. The highest BCUT2D eigenvalue weighted by Gasteiger charge is 2.38. The maximum absolute atomic E-state index is 12.8. The quantitative estimate of drug-likeness (QED) is 0.836. The van der Waals surface area contributed by atoms with Crippen LogP contribution in [0, 0.1) is 0 Å². The van der Waals surface area contributed by atoms with Crippen LogP contribution in [-0.4, -0.2) is 41.4 Å². The molecule has 2 heterocycles. The number of nitrogens with zero attached hydrogens (tertiary/aromatic N) is 1. The summed E-state index contributed by atoms with van der Waals surface area (Å²) in [6, 6.07) is 5.65. The molecule has 3 atom stereocenters. The third kappa shape index (κ3) is 3.46. The van der Waals surface area contributed by atoms with Gasteiger partial charge in [0, 0.05) is 23.8 Å². The molecule has 2 amide bonds. The number of allylic oxidation sites excluding steroid dienone is 1. The van der Waals surface area contributed by atoms with E-state index < -0.39 is 6.04 Å². The molecule has 2 aliphatic heterocycles. The van der Waals surface area contributed by atoms with Gasteiger partial charge in [-0.05, 0) is 62.4 Å². The number of fused-ring (bicyclic) bond motifs is 1. The minimum atomic E-state index is -0.423. The van der Waals surface area contributed by atoms with Crippen molar-refractivity contribution in [3.63, 3.8) is 0 Å². The Hall–Kier alpha value is -2.34. The van der Waals surface area contributed by atoms with Gasteiger partial charge in [0.2, 0.25) is 5.91 Å². The molecule has 144 valence electrons. The van der Waals surface area contributed by atoms with Crippen molar-refractivity contribution < 1.29 is 14.3 Å². The Morgan fingerprint density at radius 3 is 2.93 bits per heavy atom. The maximum Gasteiger partial charge on any atom is 0.255 e. The Bertz CT molecular complexity index is 776. The van der Waals surface area contributed by atoms with Crippen LogP contribution in [-0.2, 0) is 11.3 Å². The third-order valence-corrected chi connectivity index (χ3v) is 5.81. The number of piperidine rings is 1. The minimum absolute atomic E-state index is 0.0735. The van der Waals surface area contributed by atoms with Gasteiger partial charge in [-0.25, -0.2) is 0 Å². The van der Waals surface area contributed by atoms with Crippen molar-refractivity contribution in [1.29, 1.82) is 0 Å². The van der Waals surface area contributed by atoms with E-state index in [9.17, 15) is 9.59 Å². The SMILES string of the molecule is C=C1CCC(N2Cc3cc(O[C@@H]4CCC[C@@H]4NCC)ccc3C2=O)C(=O)N1. The van der Waals surface area contributed by atoms with Crippen molar-refractivity contribution >= 4 is 11.8 Å². The second-order valence-electron chi connectivity index (χ2n) is 7.65. The summed E-state index contributed by atoms with van der Waals surface area (Å²) in [4.78, 5) is 26.7. The molecule has 2 fully saturated rings. The molecule has 1 aromatic rings. The molecule has 0 spiro atoms. The molecular formula is C21H27N3O3. The summed E-state index contributed by atoms with van der Waals surface area (Å²) in [5.41, 5.74) is 2.34. The molecule has 0 bridgehead atoms. The average Bonchev–Trinajstić information content (AvgIpc) is 3.20. The van der Waals surface area contributed by atoms with E-state index in [4.69, 9.17) is 4.74 Å². The first-order chi connectivity index (χ1) is 13.1. The summed E-state index contributed by atoms with van der Waals surface area (Å²) in [6.07, 6.45) is 4.86. The molecule has 6 heteroatoms. The molecule has 1 aliphatic carbocycles. The fraction of sp³-hybridized carbons (Fsp3) is 0.524. The van der Waals surface area contributed by atoms with Crippen LogP contribution >= 0.6 is 0 Å². The summed E-state index contributed by atoms with van der Waals surface area (Å²) in [7, 11) is 0. The lowest BCUT2D eigenvalue weighted by Gasteiger charge is -2.30. The van der Waals surface area contributed by atoms with Gasteiger partial charge in [0.15, 0.2) is 0 Å². The number of benzene rings is 1. The van der Waals surface area contributed by atoms with Gasteiger partial charge in [-0.3, -0.25) is 9.59 Å². The lowest BCUT2D eigenvalue weighted by Crippen LogP contribution is -2.49. The van der Waals surface area contributed by atoms with Gasteiger partial charge in [-0.1, -0.05) is 13.5 Å². The molecule has 2 N–H and O–H groups in total. The standard InChI is InChI=1S/C21H27N3O3/c1-3-22-17-5-4-6-19(17)27-15-8-9-16-14(11-15)12-24(21(16)26)18-10-7-13(2)23-20(18)25/h8-9,11,17-19,22H,2-7,10,12H2,1H3,(H,23,25)/t17-,18?,19+/m0/s1. The van der Waals surface area contributed by atoms with E-state index in [1.165, 1.54) is 6.42 Å². The van der Waals surface area contributed by atoms with Crippen LogP contribution in [0.1, 0.15) is 54.9 Å². The zero-order valence-electron chi connectivity index (χ0n) is 15.8. The first-order valence-corrected chi connectivity index (χ1v) is 9.89. The Kier molecular flexibility index (Phi) is 4.91. The number of carbonyl (C=O) groups excluding carboxylic acids is 2. The van der Waals surface area contributed by atoms with Gasteiger partial charge < -0.3 is 20.3 Å². The predicted octanol–water partition coefficient (Wildman–Crippen LogP) is 2.34. The summed E-state index contributed by atoms with van der Waals surface area (Å²) < 4.78 is 6.23. The monoisotopic (exact) mass is 369 g/mol. The van der Waals surface area contributed by atoms with Gasteiger partial charge in [0.05, 0.1) is 0 Å². The van der Waals surface area contributed by atoms with E-state index in [0.717, 1.165) is 36.4 Å². The van der Waals surface area contributed by atoms with Crippen LogP contribution in [0.3, 0.4) is 0 Å². The average molecular weight is 369 g/mol. The Morgan fingerprint density at radius 1 is 1.30 bits per heavy atom. The zero-order chi connectivity index (χ0) is 19.0. The van der Waals surface area contributed by atoms with Crippen molar-refractivity contribution in [2.45, 2.75) is 63.8 Å². The Morgan fingerprint density at radius 2 is 2.15 bits per heavy atom. The van der Waals surface area contributed by atoms with Crippen LogP contribution in [0.4, 0.5) is 0 Å². The minimum Gasteiger partial charge on any atom is -0.489 e. The van der Waals surface area contributed by atoms with E-state index in [0.29, 0.717) is 31.0 Å². The van der Waals surface area contributed by atoms with E-state index in [1.807, 2.05) is 18.2 Å². The van der Waals surface area contributed by atoms with E-state index in [2.05, 4.69) is 24.1 Å². The number of carbonyl (C=O) groups is 2. The molecule has 6 nitrogen and oxygen atoms in total. The summed E-state index contributed by atoms with van der Waals surface area (Å²) in [6.45, 7) is 7.31. The molecule has 1 unspecified atom stereocenters. The normalized spacial score (nSPS) is 27.7. The second-order valence-corrected chi connectivity index (χ2v) is 7.65. The number of ether oxygens (including phenoxy) is 1. The van der Waals surface area contributed by atoms with Gasteiger partial charge >= 0.3 is 0 Å². The van der Waals surface area contributed by atoms with Gasteiger partial charge in [0.25, 0.3) is 5.91 Å². The topological polar surface area (TPSA) is 70.7 Å². The van der Waals surface area contributed by atoms with Crippen molar-refractivity contribution in [3.05, 3.63) is 41.6 Å². The lowest BCUT2D eigenvalue weighted by molar-refractivity contribution is -0.126. The molecule has 1 saturated heterocycles. The van der Waals surface area contributed by atoms with Crippen molar-refractivity contribution in [2.75, 3.05) is 6.54 Å². The maximum atomic E-state index is 12.8. The van der Waals surface area contributed by atoms with Crippen LogP contribution in [0.15, 0.2) is 30.5 Å². The van der Waals surface area contributed by atoms with E-state index in [1.54, 1.807) is 4.90 Å². The fourth-order valence-corrected chi connectivity index (χ4v) is 4.44. The highest BCUT2D eigenvalue weighted by Crippen LogP contribution is 2.32. The Labute approximate surface area is 159 Å². The fourth-order valence-electron chi connectivity index (χ4n) is 4.44. The number of hydrogen-bond acceptors (Lipinski definition) is 4. The molecule has 4 rings (SSSR count). The number of amides is 2. The molecule has 0 radical (unpaired) electrons. The highest BCUT2D eigenvalue weighted by atomic mass is 16.5. The first kappa shape index (κ1) is 18.0. The lowest BCUT2D eigenvalue weighted by atomic mass is 10.0. The van der Waals surface area contributed by atoms with Gasteiger partial charge in [-0.15, -0.1) is 0 Å². The summed E-state index contributed by atoms with van der Waals surface area (Å²) in [5, 5.41) is 6.26. The van der Waals surface area contributed by atoms with Gasteiger partial charge in [0.1, 0.15) is 17.9 Å². The van der Waals surface area contributed by atoms with Crippen LogP contribution in [0.25, 0.3) is 0 Å². The van der Waals surface area contributed by atoms with E-state index in [-0.39, 0.29) is 17.9 Å². The number of nitrogens with one attached hydrogen (secondary N) is 2. The van der Waals surface area contributed by atoms with Gasteiger partial charge in [-0.2, -0.15) is 0 Å². The molecule has 1 aromatic carbocycles. The number of hydrogen-bond donors (Lipinski definition) is 2. The largest absolute Gasteiger partial charge is 0.489 e. The summed E-state index contributed by atoms with van der Waals surface area (Å²) in [5.74, 6) is 0.596. The predicted molar refractivity (Wildman–Crippen MR) is 102 cm³/mol. The molecule has 3 aliphatic rings. The Balaban J connectivity index is 1.48. The molecule has 27 heavy (non-hydrogen) atoms. The molecule has 1 saturated carbocycles. The zero-order valence-corrected chi connectivity index (χ0v) is 15.8. The first-order valence-electron chi connectivity index (χ1n) is 9.89. The molecule has 0 aromatic heterocycles. The van der Waals surface area contributed by atoms with Crippen LogP contribution < -0.4 is 15.4 Å². The second kappa shape index (κ2) is 7.35. The number of likely N-dealkylation sites (N-methyl/N-ethyl adjacent to an activating group) is 1. The van der Waals surface area contributed by atoms with E-state index >= 15 is 0 Å². The summed E-state index contributed by atoms with van der Waals surface area (Å²) >= 11 is 0. The van der Waals surface area contributed by atoms with Crippen molar-refractivity contribution in [3.8, 4) is 5.75 Å². The van der Waals surface area contributed by atoms with Crippen molar-refractivity contribution in [1.82, 2.24) is 15.5 Å². The van der Waals surface area contributed by atoms with Crippen LogP contribution in [0.2, 0.25) is 0 Å². The van der Waals surface area contributed by atoms with Crippen LogP contribution in [0.5, 0.6) is 5.75 Å². The van der Waals surface area contributed by atoms with Crippen molar-refractivity contribution in [2.24, 2.45) is 0 Å². The smallest absolute Gasteiger partial charge is 0.255 e. The number of rotatable bonds is 5.